The topological polar surface area (TPSA) is 304 Å². The summed E-state index contributed by atoms with van der Waals surface area (Å²) >= 11 is 0. The van der Waals surface area contributed by atoms with Gasteiger partial charge in [-0.15, -0.1) is 0 Å². The van der Waals surface area contributed by atoms with Crippen LogP contribution in [0.1, 0.15) is 33.4 Å². The fourth-order valence-electron chi connectivity index (χ4n) is 7.50. The van der Waals surface area contributed by atoms with Gasteiger partial charge in [0.25, 0.3) is 20.2 Å². The van der Waals surface area contributed by atoms with Crippen molar-refractivity contribution in [2.24, 2.45) is 33.2 Å². The lowest BCUT2D eigenvalue weighted by Crippen LogP contribution is -2.55. The van der Waals surface area contributed by atoms with Crippen molar-refractivity contribution in [1.82, 2.24) is 0 Å². The first kappa shape index (κ1) is 33.6. The molecule has 2 aliphatic carbocycles. The summed E-state index contributed by atoms with van der Waals surface area (Å²) in [5.74, 6) is -0.102. The zero-order valence-electron chi connectivity index (χ0n) is 29.5. The van der Waals surface area contributed by atoms with Gasteiger partial charge in [0.15, 0.2) is 9.49 Å². The molecule has 0 bridgehead atoms. The fourth-order valence-corrected chi connectivity index (χ4v) is 10.2. The molecular formula is C34H34N8O8S2. The second-order valence-electron chi connectivity index (χ2n) is 12.1. The first-order valence-corrected chi connectivity index (χ1v) is 18.2. The van der Waals surface area contributed by atoms with Crippen molar-refractivity contribution in [2.45, 2.75) is 21.6 Å². The molecule has 6 rings (SSSR count). The largest absolute Gasteiger partial charge is 0.496 e. The van der Waals surface area contributed by atoms with Crippen LogP contribution >= 0.6 is 0 Å². The van der Waals surface area contributed by atoms with Gasteiger partial charge < -0.3 is 32.4 Å². The number of nitrogens with zero attached hydrogens (tertiary/aromatic N) is 2. The highest BCUT2D eigenvalue weighted by Crippen LogP contribution is 2.54. The second-order valence-corrected chi connectivity index (χ2v) is 15.3. The van der Waals surface area contributed by atoms with Crippen molar-refractivity contribution in [3.63, 3.8) is 0 Å². The number of nitrogens with two attached hydrogens (primary N) is 4. The van der Waals surface area contributed by atoms with Crippen molar-refractivity contribution in [1.29, 1.82) is 11.0 Å². The van der Waals surface area contributed by atoms with E-state index in [1.807, 2.05) is 0 Å². The quantitative estimate of drug-likeness (QED) is 0.0899. The third kappa shape index (κ3) is 4.80. The highest BCUT2D eigenvalue weighted by atomic mass is 32.2. The van der Waals surface area contributed by atoms with Gasteiger partial charge in [-0.2, -0.15) is 27.1 Å². The summed E-state index contributed by atoms with van der Waals surface area (Å²) in [4.78, 5) is 0. The van der Waals surface area contributed by atoms with Crippen LogP contribution in [0.5, 0.6) is 11.5 Å². The van der Waals surface area contributed by atoms with Crippen molar-refractivity contribution in [2.75, 3.05) is 14.2 Å². The predicted molar refractivity (Wildman–Crippen MR) is 191 cm³/mol. The Morgan fingerprint density at radius 3 is 1.35 bits per heavy atom. The minimum absolute atomic E-state index is 0.0251. The fraction of sp³-hybridized carbons (Fsp3) is 0.176. The van der Waals surface area contributed by atoms with Gasteiger partial charge in [-0.1, -0.05) is 72.8 Å². The van der Waals surface area contributed by atoms with E-state index in [1.54, 1.807) is 24.3 Å². The molecule has 2 aliphatic rings. The van der Waals surface area contributed by atoms with Crippen molar-refractivity contribution in [3.8, 4) is 22.6 Å². The van der Waals surface area contributed by atoms with E-state index in [2.05, 4.69) is 21.3 Å². The van der Waals surface area contributed by atoms with Crippen molar-refractivity contribution < 1.29 is 38.2 Å². The van der Waals surface area contributed by atoms with Crippen LogP contribution in [0.25, 0.3) is 22.5 Å². The number of fused-ring (bicyclic) bond motifs is 2. The lowest BCUT2D eigenvalue weighted by molar-refractivity contribution is 0.386. The molecule has 0 amide bonds. The molecule has 4 aromatic carbocycles. The van der Waals surface area contributed by atoms with Crippen LogP contribution in [0, 0.1) is 11.0 Å². The number of ether oxygens (including phenoxy) is 2. The molecule has 0 saturated heterocycles. The number of methoxy groups -OCH3 is 2. The van der Waals surface area contributed by atoms with Gasteiger partial charge in [-0.3, -0.25) is 9.11 Å². The Labute approximate surface area is 301 Å². The van der Waals surface area contributed by atoms with E-state index in [0.29, 0.717) is 11.1 Å². The van der Waals surface area contributed by atoms with Gasteiger partial charge in [0.1, 0.15) is 22.9 Å². The Bertz CT molecular complexity index is 2370. The number of hydrogen-bond acceptors (Lipinski definition) is 14. The Morgan fingerprint density at radius 1 is 0.654 bits per heavy atom. The highest BCUT2D eigenvalue weighted by molar-refractivity contribution is 7.87. The monoisotopic (exact) mass is 746 g/mol. The van der Waals surface area contributed by atoms with Gasteiger partial charge in [0, 0.05) is 22.3 Å². The summed E-state index contributed by atoms with van der Waals surface area (Å²) in [7, 11) is -7.82. The first-order valence-electron chi connectivity index (χ1n) is 16.2. The van der Waals surface area contributed by atoms with Gasteiger partial charge in [-0.25, -0.2) is 11.0 Å². The van der Waals surface area contributed by atoms with E-state index >= 15 is 0 Å². The van der Waals surface area contributed by atoms with Gasteiger partial charge in [0.2, 0.25) is 2.82 Å². The van der Waals surface area contributed by atoms with Crippen molar-refractivity contribution >= 4 is 31.6 Å². The predicted octanol–water partition coefficient (Wildman–Crippen LogP) is 3.63. The average molecular weight is 747 g/mol. The molecule has 0 heterocycles. The van der Waals surface area contributed by atoms with E-state index in [0.717, 1.165) is 0 Å². The molecule has 0 aliphatic heterocycles. The molecule has 0 aromatic heterocycles. The highest BCUT2D eigenvalue weighted by Gasteiger charge is 2.59. The van der Waals surface area contributed by atoms with Crippen LogP contribution in [0.4, 0.5) is 0 Å². The Balaban J connectivity index is 1.59. The van der Waals surface area contributed by atoms with E-state index in [4.69, 9.17) is 35.2 Å². The molecule has 4 atom stereocenters. The normalized spacial score (nSPS) is 24.0. The molecule has 16 nitrogen and oxygen atoms in total. The molecule has 4 unspecified atom stereocenters. The summed E-state index contributed by atoms with van der Waals surface area (Å²) in [5.41, 5.74) is 32.3. The van der Waals surface area contributed by atoms with Crippen LogP contribution in [-0.4, -0.2) is 52.2 Å². The number of rotatable bonds is 9. The molecule has 0 fully saturated rings. The summed E-state index contributed by atoms with van der Waals surface area (Å²) in [5, 5.41) is 7.44. The van der Waals surface area contributed by atoms with E-state index in [9.17, 15) is 25.9 Å². The molecule has 0 saturated carbocycles. The summed E-state index contributed by atoms with van der Waals surface area (Å²) in [6.07, 6.45) is 0. The molecule has 4 aromatic rings. The molecule has 12 N–H and O–H groups in total. The third-order valence-electron chi connectivity index (χ3n) is 9.82. The average Bonchev–Trinajstić information content (AvgIpc) is 3.14. The zero-order valence-corrected chi connectivity index (χ0v) is 29.1. The zero-order chi connectivity index (χ0) is 39.4. The van der Waals surface area contributed by atoms with E-state index < -0.39 is 41.8 Å². The second kappa shape index (κ2) is 12.6. The van der Waals surface area contributed by atoms with Crippen LogP contribution < -0.4 is 32.4 Å². The van der Waals surface area contributed by atoms with Gasteiger partial charge >= 0.3 is 0 Å². The lowest BCUT2D eigenvalue weighted by Gasteiger charge is -2.42. The first-order chi connectivity index (χ1) is 25.6. The number of nitrogens with one attached hydrogen (secondary N) is 2. The van der Waals surface area contributed by atoms with Crippen LogP contribution in [0.2, 0.25) is 2.82 Å². The van der Waals surface area contributed by atoms with Gasteiger partial charge in [0.05, 0.1) is 37.7 Å². The minimum Gasteiger partial charge on any atom is -0.496 e. The minimum atomic E-state index is -5.19. The molecular weight excluding hydrogens is 713 g/mol. The molecule has 270 valence electrons. The summed E-state index contributed by atoms with van der Waals surface area (Å²) in [6.45, 7) is 0. The summed E-state index contributed by atoms with van der Waals surface area (Å²) in [6, 6.07) is 17.6. The maximum Gasteiger partial charge on any atom is 0.281 e. The maximum absolute atomic E-state index is 13.6. The number of benzene rings is 4. The van der Waals surface area contributed by atoms with E-state index in [-0.39, 0.29) is 67.7 Å². The number of hydrogen-bond donors (Lipinski definition) is 8. The molecule has 0 spiro atoms. The SMILES string of the molecule is [H]/N=N/C1=C(N)c2ccccc2C(c2ccc(-c3ccc(C4(S(=O)(=O)O)c5ccccc5C(N)=C(/N=N/[H])C4N)c(OC)c3)cc2OC)(S(=O)(=O)O)C1N. The molecule has 18 heteroatoms. The Hall–Kier alpha value is -5.50. The van der Waals surface area contributed by atoms with Gasteiger partial charge in [-0.05, 0) is 34.4 Å². The standard InChI is InChI=1S/C34H34N8O8S2/c1-49-25-15-17(11-13-23(25)33(51(43,44)45)21-9-5-3-7-19(21)27(35)29(41-39)31(33)37)18-12-14-24(26(16-18)50-2)34(52(46,47)48)22-10-6-4-8-20(22)28(36)30(42-40)32(34)38/h3-16,31-32,39-40H,35-38H2,1-2H3,(H,43,44,45)(H,46,47,48)/b41-39+,42-40+. The lowest BCUT2D eigenvalue weighted by atomic mass is 9.74. The summed E-state index contributed by atoms with van der Waals surface area (Å²) < 4.78 is 97.9. The maximum atomic E-state index is 13.6. The smallest absolute Gasteiger partial charge is 0.281 e. The Morgan fingerprint density at radius 2 is 1.02 bits per heavy atom. The van der Waals surface area contributed by atoms with E-state index in [1.165, 1.54) is 74.9 Å². The Kier molecular flexibility index (Phi) is 8.16. The molecule has 52 heavy (non-hydrogen) atoms. The van der Waals surface area contributed by atoms with Crippen LogP contribution in [-0.2, 0) is 29.7 Å². The third-order valence-corrected chi connectivity index (χ3v) is 12.8. The van der Waals surface area contributed by atoms with Crippen molar-refractivity contribution in [3.05, 3.63) is 130 Å². The molecule has 0 radical (unpaired) electrons. The van der Waals surface area contributed by atoms with Crippen LogP contribution in [0.3, 0.4) is 0 Å². The van der Waals surface area contributed by atoms with Crippen LogP contribution in [0.15, 0.2) is 107 Å².